The van der Waals surface area contributed by atoms with Crippen molar-refractivity contribution in [1.82, 2.24) is 4.98 Å². The van der Waals surface area contributed by atoms with E-state index in [2.05, 4.69) is 15.0 Å². The second-order valence-electron chi connectivity index (χ2n) is 7.29. The first-order valence-electron chi connectivity index (χ1n) is 10.2. The van der Waals surface area contributed by atoms with Gasteiger partial charge in [0.2, 0.25) is 5.91 Å². The zero-order chi connectivity index (χ0) is 24.1. The van der Waals surface area contributed by atoms with Gasteiger partial charge in [0, 0.05) is 29.8 Å². The number of oxazole rings is 1. The number of nitrogens with zero attached hydrogens (tertiary/aromatic N) is 1. The summed E-state index contributed by atoms with van der Waals surface area (Å²) in [5.74, 6) is -1.61. The second kappa shape index (κ2) is 9.84. The van der Waals surface area contributed by atoms with Crippen LogP contribution in [0.4, 0.5) is 20.2 Å². The second-order valence-corrected chi connectivity index (χ2v) is 8.97. The number of anilines is 2. The molecule has 0 spiro atoms. The Bertz CT molecular complexity index is 1410. The molecule has 0 fully saturated rings. The summed E-state index contributed by atoms with van der Waals surface area (Å²) in [7, 11) is -4.11. The normalized spacial score (nSPS) is 11.2. The summed E-state index contributed by atoms with van der Waals surface area (Å²) in [5.41, 5.74) is 1.54. The van der Waals surface area contributed by atoms with Gasteiger partial charge in [-0.05, 0) is 42.5 Å². The van der Waals surface area contributed by atoms with E-state index in [1.807, 2.05) is 30.3 Å². The molecule has 1 aromatic heterocycles. The first-order chi connectivity index (χ1) is 16.3. The van der Waals surface area contributed by atoms with Crippen molar-refractivity contribution in [2.75, 3.05) is 10.0 Å². The van der Waals surface area contributed by atoms with Gasteiger partial charge in [0.25, 0.3) is 10.0 Å². The van der Waals surface area contributed by atoms with Crippen LogP contribution in [-0.4, -0.2) is 19.3 Å². The highest BCUT2D eigenvalue weighted by atomic mass is 32.2. The SMILES string of the molecule is O=C(CCc1ncc(-c2ccccc2)o1)Nc1ccc(NS(=O)(=O)c2ccc(F)c(F)c2)cc1. The van der Waals surface area contributed by atoms with Crippen LogP contribution in [0, 0.1) is 11.6 Å². The molecule has 174 valence electrons. The standard InChI is InChI=1S/C24H19F2N3O4S/c25-20-11-10-19(14-21(20)26)34(31,32)29-18-8-6-17(7-9-18)28-23(30)12-13-24-27-15-22(33-24)16-4-2-1-3-5-16/h1-11,14-15,29H,12-13H2,(H,28,30). The van der Waals surface area contributed by atoms with Gasteiger partial charge in [0.05, 0.1) is 11.1 Å². The molecule has 0 saturated carbocycles. The first kappa shape index (κ1) is 23.1. The molecular weight excluding hydrogens is 464 g/mol. The Labute approximate surface area is 194 Å². The summed E-state index contributed by atoms with van der Waals surface area (Å²) in [6.45, 7) is 0. The Kier molecular flexibility index (Phi) is 6.69. The summed E-state index contributed by atoms with van der Waals surface area (Å²) < 4.78 is 59.1. The third-order valence-corrected chi connectivity index (χ3v) is 6.18. The van der Waals surface area contributed by atoms with Crippen LogP contribution in [-0.2, 0) is 21.2 Å². The number of aryl methyl sites for hydroxylation is 1. The van der Waals surface area contributed by atoms with E-state index in [1.165, 1.54) is 24.3 Å². The number of carbonyl (C=O) groups is 1. The molecule has 3 aromatic carbocycles. The molecule has 2 N–H and O–H groups in total. The molecule has 0 saturated heterocycles. The van der Waals surface area contributed by atoms with Gasteiger partial charge in [-0.2, -0.15) is 0 Å². The van der Waals surface area contributed by atoms with Gasteiger partial charge in [0.1, 0.15) is 0 Å². The van der Waals surface area contributed by atoms with Crippen molar-refractivity contribution in [2.24, 2.45) is 0 Å². The predicted octanol–water partition coefficient (Wildman–Crippen LogP) is 4.99. The first-order valence-corrected chi connectivity index (χ1v) is 11.7. The fourth-order valence-corrected chi connectivity index (χ4v) is 4.16. The zero-order valence-corrected chi connectivity index (χ0v) is 18.5. The van der Waals surface area contributed by atoms with Crippen LogP contribution >= 0.6 is 0 Å². The van der Waals surface area contributed by atoms with E-state index in [-0.39, 0.29) is 18.0 Å². The molecule has 34 heavy (non-hydrogen) atoms. The van der Waals surface area contributed by atoms with Crippen molar-refractivity contribution in [3.63, 3.8) is 0 Å². The van der Waals surface area contributed by atoms with Gasteiger partial charge in [-0.25, -0.2) is 22.2 Å². The number of halogens is 2. The summed E-state index contributed by atoms with van der Waals surface area (Å²) in [5, 5.41) is 2.71. The maximum absolute atomic E-state index is 13.4. The Hall–Kier alpha value is -4.05. The minimum absolute atomic E-state index is 0.138. The maximum Gasteiger partial charge on any atom is 0.261 e. The molecule has 4 aromatic rings. The van der Waals surface area contributed by atoms with Crippen LogP contribution in [0.2, 0.25) is 0 Å². The Balaban J connectivity index is 1.31. The van der Waals surface area contributed by atoms with E-state index in [0.717, 1.165) is 17.7 Å². The van der Waals surface area contributed by atoms with E-state index in [4.69, 9.17) is 4.42 Å². The van der Waals surface area contributed by atoms with E-state index in [0.29, 0.717) is 29.8 Å². The average Bonchev–Trinajstić information content (AvgIpc) is 3.30. The average molecular weight is 483 g/mol. The number of hydrogen-bond donors (Lipinski definition) is 2. The fourth-order valence-electron chi connectivity index (χ4n) is 3.09. The lowest BCUT2D eigenvalue weighted by Crippen LogP contribution is -2.14. The number of nitrogens with one attached hydrogen (secondary N) is 2. The predicted molar refractivity (Wildman–Crippen MR) is 122 cm³/mol. The number of hydrogen-bond acceptors (Lipinski definition) is 5. The third-order valence-electron chi connectivity index (χ3n) is 4.80. The largest absolute Gasteiger partial charge is 0.441 e. The Morgan fingerprint density at radius 2 is 1.62 bits per heavy atom. The van der Waals surface area contributed by atoms with Gasteiger partial charge in [-0.15, -0.1) is 0 Å². The molecule has 0 atom stereocenters. The smallest absolute Gasteiger partial charge is 0.261 e. The molecular formula is C24H19F2N3O4S. The number of sulfonamides is 1. The summed E-state index contributed by atoms with van der Waals surface area (Å²) >= 11 is 0. The lowest BCUT2D eigenvalue weighted by atomic mass is 10.2. The van der Waals surface area contributed by atoms with Crippen molar-refractivity contribution >= 4 is 27.3 Å². The minimum Gasteiger partial charge on any atom is -0.441 e. The number of carbonyl (C=O) groups excluding carboxylic acids is 1. The Morgan fingerprint density at radius 1 is 0.912 bits per heavy atom. The van der Waals surface area contributed by atoms with E-state index in [9.17, 15) is 22.0 Å². The third kappa shape index (κ3) is 5.65. The highest BCUT2D eigenvalue weighted by Crippen LogP contribution is 2.22. The fraction of sp³-hybridized carbons (Fsp3) is 0.0833. The van der Waals surface area contributed by atoms with Crippen molar-refractivity contribution < 1.29 is 26.4 Å². The van der Waals surface area contributed by atoms with Crippen molar-refractivity contribution in [3.8, 4) is 11.3 Å². The van der Waals surface area contributed by atoms with Gasteiger partial charge in [-0.3, -0.25) is 9.52 Å². The molecule has 0 unspecified atom stereocenters. The number of aromatic nitrogens is 1. The lowest BCUT2D eigenvalue weighted by molar-refractivity contribution is -0.116. The monoisotopic (exact) mass is 483 g/mol. The van der Waals surface area contributed by atoms with Crippen LogP contribution in [0.15, 0.2) is 88.3 Å². The van der Waals surface area contributed by atoms with E-state index >= 15 is 0 Å². The highest BCUT2D eigenvalue weighted by molar-refractivity contribution is 7.92. The topological polar surface area (TPSA) is 101 Å². The highest BCUT2D eigenvalue weighted by Gasteiger charge is 2.17. The van der Waals surface area contributed by atoms with Crippen LogP contribution in [0.3, 0.4) is 0 Å². The van der Waals surface area contributed by atoms with Crippen molar-refractivity contribution in [2.45, 2.75) is 17.7 Å². The zero-order valence-electron chi connectivity index (χ0n) is 17.7. The molecule has 0 aliphatic heterocycles. The molecule has 1 amide bonds. The van der Waals surface area contributed by atoms with Crippen LogP contribution < -0.4 is 10.0 Å². The quantitative estimate of drug-likeness (QED) is 0.368. The van der Waals surface area contributed by atoms with Crippen molar-refractivity contribution in [3.05, 3.63) is 96.5 Å². The minimum atomic E-state index is -4.11. The summed E-state index contributed by atoms with van der Waals surface area (Å²) in [4.78, 5) is 16.0. The molecule has 4 rings (SSSR count). The van der Waals surface area contributed by atoms with Gasteiger partial charge < -0.3 is 9.73 Å². The van der Waals surface area contributed by atoms with Crippen molar-refractivity contribution in [1.29, 1.82) is 0 Å². The lowest BCUT2D eigenvalue weighted by Gasteiger charge is -2.10. The van der Waals surface area contributed by atoms with Crippen LogP contribution in [0.5, 0.6) is 0 Å². The number of rotatable bonds is 8. The van der Waals surface area contributed by atoms with Gasteiger partial charge in [0.15, 0.2) is 23.3 Å². The molecule has 0 bridgehead atoms. The molecule has 10 heteroatoms. The van der Waals surface area contributed by atoms with Gasteiger partial charge in [-0.1, -0.05) is 30.3 Å². The molecule has 0 radical (unpaired) electrons. The van der Waals surface area contributed by atoms with Crippen LogP contribution in [0.1, 0.15) is 12.3 Å². The van der Waals surface area contributed by atoms with Gasteiger partial charge >= 0.3 is 0 Å². The molecule has 0 aliphatic rings. The molecule has 7 nitrogen and oxygen atoms in total. The number of benzene rings is 3. The Morgan fingerprint density at radius 3 is 2.32 bits per heavy atom. The number of amides is 1. The molecule has 1 heterocycles. The van der Waals surface area contributed by atoms with Crippen LogP contribution in [0.25, 0.3) is 11.3 Å². The van der Waals surface area contributed by atoms with E-state index < -0.39 is 26.6 Å². The summed E-state index contributed by atoms with van der Waals surface area (Å²) in [6, 6.07) is 17.7. The molecule has 0 aliphatic carbocycles. The summed E-state index contributed by atoms with van der Waals surface area (Å²) in [6.07, 6.45) is 2.06. The van der Waals surface area contributed by atoms with E-state index in [1.54, 1.807) is 6.20 Å². The maximum atomic E-state index is 13.4.